The number of carbonyl (C=O) groups is 1. The fourth-order valence-corrected chi connectivity index (χ4v) is 3.31. The average molecular weight is 349 g/mol. The Morgan fingerprint density at radius 2 is 2.12 bits per heavy atom. The summed E-state index contributed by atoms with van der Waals surface area (Å²) in [5.41, 5.74) is 5.13. The monoisotopic (exact) mass is 349 g/mol. The second-order valence-electron chi connectivity index (χ2n) is 6.17. The number of H-pyrrole nitrogens is 1. The van der Waals surface area contributed by atoms with E-state index in [1.54, 1.807) is 25.0 Å². The molecule has 0 saturated heterocycles. The summed E-state index contributed by atoms with van der Waals surface area (Å²) in [4.78, 5) is 20.0. The van der Waals surface area contributed by atoms with Gasteiger partial charge in [-0.2, -0.15) is 5.10 Å². The maximum Gasteiger partial charge on any atom is 0.270 e. The van der Waals surface area contributed by atoms with E-state index in [1.807, 2.05) is 25.5 Å². The summed E-state index contributed by atoms with van der Waals surface area (Å²) in [7, 11) is 5.11. The number of aromatic nitrogens is 4. The summed E-state index contributed by atoms with van der Waals surface area (Å²) >= 11 is 0. The van der Waals surface area contributed by atoms with Crippen LogP contribution in [-0.4, -0.2) is 39.8 Å². The standard InChI is InChI=1S/C19H19N5O2/c1-20-19(25)18-14(10-26-3)17-13-6-11(12-7-22-24(2)9-12)4-5-15(13)23-16(17)8-21-18/h4-9,23H,10H2,1-3H3,(H,20,25). The van der Waals surface area contributed by atoms with Gasteiger partial charge in [0, 0.05) is 54.8 Å². The molecule has 0 unspecified atom stereocenters. The number of hydrogen-bond donors (Lipinski definition) is 2. The first-order chi connectivity index (χ1) is 12.6. The number of aryl methyl sites for hydroxylation is 1. The molecule has 2 N–H and O–H groups in total. The van der Waals surface area contributed by atoms with Crippen molar-refractivity contribution >= 4 is 27.7 Å². The van der Waals surface area contributed by atoms with E-state index < -0.39 is 0 Å². The molecular weight excluding hydrogens is 330 g/mol. The van der Waals surface area contributed by atoms with E-state index >= 15 is 0 Å². The van der Waals surface area contributed by atoms with Crippen molar-refractivity contribution in [1.29, 1.82) is 0 Å². The Morgan fingerprint density at radius 3 is 2.81 bits per heavy atom. The van der Waals surface area contributed by atoms with E-state index in [0.29, 0.717) is 12.3 Å². The van der Waals surface area contributed by atoms with Gasteiger partial charge in [-0.3, -0.25) is 9.48 Å². The molecule has 0 saturated carbocycles. The van der Waals surface area contributed by atoms with Gasteiger partial charge < -0.3 is 15.0 Å². The molecule has 0 aliphatic rings. The van der Waals surface area contributed by atoms with Gasteiger partial charge in [-0.1, -0.05) is 6.07 Å². The maximum atomic E-state index is 12.3. The van der Waals surface area contributed by atoms with Gasteiger partial charge in [0.1, 0.15) is 5.69 Å². The Morgan fingerprint density at radius 1 is 1.27 bits per heavy atom. The topological polar surface area (TPSA) is 84.8 Å². The van der Waals surface area contributed by atoms with Gasteiger partial charge in [0.05, 0.1) is 24.5 Å². The summed E-state index contributed by atoms with van der Waals surface area (Å²) in [6.07, 6.45) is 5.51. The lowest BCUT2D eigenvalue weighted by Crippen LogP contribution is -2.21. The van der Waals surface area contributed by atoms with E-state index in [4.69, 9.17) is 4.74 Å². The third kappa shape index (κ3) is 2.53. The molecule has 0 spiro atoms. The molecule has 0 radical (unpaired) electrons. The minimum absolute atomic E-state index is 0.225. The number of fused-ring (bicyclic) bond motifs is 3. The number of rotatable bonds is 4. The molecule has 7 heteroatoms. The zero-order valence-corrected chi connectivity index (χ0v) is 14.8. The molecule has 7 nitrogen and oxygen atoms in total. The van der Waals surface area contributed by atoms with E-state index in [2.05, 4.69) is 32.5 Å². The van der Waals surface area contributed by atoms with E-state index in [-0.39, 0.29) is 5.91 Å². The number of aromatic amines is 1. The van der Waals surface area contributed by atoms with Crippen LogP contribution in [-0.2, 0) is 18.4 Å². The van der Waals surface area contributed by atoms with Crippen molar-refractivity contribution in [2.24, 2.45) is 7.05 Å². The van der Waals surface area contributed by atoms with Crippen LogP contribution < -0.4 is 5.32 Å². The summed E-state index contributed by atoms with van der Waals surface area (Å²) in [5.74, 6) is -0.225. The average Bonchev–Trinajstić information content (AvgIpc) is 3.24. The Kier molecular flexibility index (Phi) is 3.93. The highest BCUT2D eigenvalue weighted by molar-refractivity contribution is 6.12. The highest BCUT2D eigenvalue weighted by Gasteiger charge is 2.19. The number of amides is 1. The van der Waals surface area contributed by atoms with Crippen LogP contribution in [0.5, 0.6) is 0 Å². The van der Waals surface area contributed by atoms with E-state index in [1.165, 1.54) is 0 Å². The largest absolute Gasteiger partial charge is 0.380 e. The molecule has 4 rings (SSSR count). The number of carbonyl (C=O) groups excluding carboxylic acids is 1. The predicted octanol–water partition coefficient (Wildman–Crippen LogP) is 2.62. The fraction of sp³-hybridized carbons (Fsp3) is 0.211. The minimum Gasteiger partial charge on any atom is -0.380 e. The number of benzene rings is 1. The molecule has 1 aromatic carbocycles. The van der Waals surface area contributed by atoms with E-state index in [9.17, 15) is 4.79 Å². The molecule has 1 amide bonds. The number of nitrogens with zero attached hydrogens (tertiary/aromatic N) is 3. The first-order valence-electron chi connectivity index (χ1n) is 8.25. The summed E-state index contributed by atoms with van der Waals surface area (Å²) < 4.78 is 7.14. The highest BCUT2D eigenvalue weighted by atomic mass is 16.5. The number of ether oxygens (including phenoxy) is 1. The number of nitrogens with one attached hydrogen (secondary N) is 2. The molecule has 0 atom stereocenters. The SMILES string of the molecule is CNC(=O)c1ncc2[nH]c3ccc(-c4cnn(C)c4)cc3c2c1COC. The third-order valence-electron chi connectivity index (χ3n) is 4.51. The van der Waals surface area contributed by atoms with Gasteiger partial charge in [0.15, 0.2) is 0 Å². The van der Waals surface area contributed by atoms with Gasteiger partial charge in [-0.15, -0.1) is 0 Å². The molecular formula is C19H19N5O2. The molecule has 0 fully saturated rings. The minimum atomic E-state index is -0.225. The van der Waals surface area contributed by atoms with E-state index in [0.717, 1.165) is 38.5 Å². The molecule has 0 aliphatic carbocycles. The Hall–Kier alpha value is -3.19. The highest BCUT2D eigenvalue weighted by Crippen LogP contribution is 2.33. The maximum absolute atomic E-state index is 12.3. The molecule has 132 valence electrons. The van der Waals surface area contributed by atoms with Crippen molar-refractivity contribution in [3.05, 3.63) is 48.0 Å². The Balaban J connectivity index is 2.02. The van der Waals surface area contributed by atoms with Crippen molar-refractivity contribution in [2.75, 3.05) is 14.2 Å². The first-order valence-corrected chi connectivity index (χ1v) is 8.25. The van der Waals surface area contributed by atoms with Crippen LogP contribution in [0.2, 0.25) is 0 Å². The van der Waals surface area contributed by atoms with Gasteiger partial charge in [0.2, 0.25) is 0 Å². The lowest BCUT2D eigenvalue weighted by Gasteiger charge is -2.09. The quantitative estimate of drug-likeness (QED) is 0.593. The summed E-state index contributed by atoms with van der Waals surface area (Å²) in [6.45, 7) is 0.303. The lowest BCUT2D eigenvalue weighted by atomic mass is 10.0. The summed E-state index contributed by atoms with van der Waals surface area (Å²) in [5, 5.41) is 8.88. The van der Waals surface area contributed by atoms with Gasteiger partial charge in [-0.05, 0) is 17.7 Å². The van der Waals surface area contributed by atoms with Gasteiger partial charge in [-0.25, -0.2) is 4.98 Å². The second-order valence-corrected chi connectivity index (χ2v) is 6.17. The van der Waals surface area contributed by atoms with Crippen LogP contribution in [0.3, 0.4) is 0 Å². The molecule has 26 heavy (non-hydrogen) atoms. The zero-order valence-electron chi connectivity index (χ0n) is 14.8. The Labute approximate surface area is 150 Å². The smallest absolute Gasteiger partial charge is 0.270 e. The van der Waals surface area contributed by atoms with Gasteiger partial charge >= 0.3 is 0 Å². The predicted molar refractivity (Wildman–Crippen MR) is 99.9 cm³/mol. The van der Waals surface area contributed by atoms with Crippen LogP contribution in [0.4, 0.5) is 0 Å². The number of methoxy groups -OCH3 is 1. The molecule has 0 aliphatic heterocycles. The van der Waals surface area contributed by atoms with Crippen LogP contribution in [0.1, 0.15) is 16.1 Å². The van der Waals surface area contributed by atoms with Crippen molar-refractivity contribution < 1.29 is 9.53 Å². The number of hydrogen-bond acceptors (Lipinski definition) is 4. The second kappa shape index (κ2) is 6.27. The van der Waals surface area contributed by atoms with Crippen molar-refractivity contribution in [2.45, 2.75) is 6.61 Å². The fourth-order valence-electron chi connectivity index (χ4n) is 3.31. The normalized spacial score (nSPS) is 11.3. The number of pyridine rings is 1. The van der Waals surface area contributed by atoms with Crippen molar-refractivity contribution in [3.8, 4) is 11.1 Å². The zero-order chi connectivity index (χ0) is 18.3. The van der Waals surface area contributed by atoms with Crippen LogP contribution >= 0.6 is 0 Å². The van der Waals surface area contributed by atoms with Crippen LogP contribution in [0, 0.1) is 0 Å². The first kappa shape index (κ1) is 16.3. The Bertz CT molecular complexity index is 1130. The third-order valence-corrected chi connectivity index (χ3v) is 4.51. The van der Waals surface area contributed by atoms with Crippen molar-refractivity contribution in [1.82, 2.24) is 25.1 Å². The molecule has 4 aromatic rings. The molecule has 0 bridgehead atoms. The van der Waals surface area contributed by atoms with Crippen LogP contribution in [0.25, 0.3) is 32.9 Å². The molecule has 3 aromatic heterocycles. The lowest BCUT2D eigenvalue weighted by molar-refractivity contribution is 0.0953. The summed E-state index contributed by atoms with van der Waals surface area (Å²) in [6, 6.07) is 6.20. The van der Waals surface area contributed by atoms with Crippen LogP contribution in [0.15, 0.2) is 36.8 Å². The van der Waals surface area contributed by atoms with Gasteiger partial charge in [0.25, 0.3) is 5.91 Å². The molecule has 3 heterocycles. The van der Waals surface area contributed by atoms with Crippen molar-refractivity contribution in [3.63, 3.8) is 0 Å².